The van der Waals surface area contributed by atoms with E-state index in [1.807, 2.05) is 0 Å². The zero-order valence-electron chi connectivity index (χ0n) is 5.79. The Morgan fingerprint density at radius 1 is 1.55 bits per heavy atom. The van der Waals surface area contributed by atoms with Gasteiger partial charge in [-0.3, -0.25) is 0 Å². The summed E-state index contributed by atoms with van der Waals surface area (Å²) in [6.07, 6.45) is 0.453. The van der Waals surface area contributed by atoms with Crippen LogP contribution in [0, 0.1) is 0 Å². The van der Waals surface area contributed by atoms with Crippen molar-refractivity contribution in [3.8, 4) is 0 Å². The van der Waals surface area contributed by atoms with Gasteiger partial charge in [-0.15, -0.1) is 5.10 Å². The second-order valence-corrected chi connectivity index (χ2v) is 2.41. The van der Waals surface area contributed by atoms with E-state index in [1.165, 1.54) is 0 Å². The minimum Gasteiger partial charge on any atom is -0.396 e. The minimum atomic E-state index is 0.0375. The van der Waals surface area contributed by atoms with Gasteiger partial charge in [-0.2, -0.15) is 5.10 Å². The summed E-state index contributed by atoms with van der Waals surface area (Å²) in [6, 6.07) is 1.60. The van der Waals surface area contributed by atoms with E-state index in [2.05, 4.69) is 10.2 Å². The molecule has 0 amide bonds. The van der Waals surface area contributed by atoms with Crippen LogP contribution in [-0.2, 0) is 6.42 Å². The second-order valence-electron chi connectivity index (χ2n) is 2.06. The highest BCUT2D eigenvalue weighted by Crippen LogP contribution is 2.13. The van der Waals surface area contributed by atoms with Crippen molar-refractivity contribution in [2.75, 3.05) is 12.3 Å². The minimum absolute atomic E-state index is 0.0375. The first-order chi connectivity index (χ1) is 5.24. The Bertz CT molecular complexity index is 254. The zero-order valence-corrected chi connectivity index (χ0v) is 6.54. The first-order valence-corrected chi connectivity index (χ1v) is 3.50. The van der Waals surface area contributed by atoms with Crippen molar-refractivity contribution in [3.63, 3.8) is 0 Å². The van der Waals surface area contributed by atoms with E-state index in [-0.39, 0.29) is 11.8 Å². The molecule has 1 rings (SSSR count). The average molecular weight is 174 g/mol. The summed E-state index contributed by atoms with van der Waals surface area (Å²) in [5.41, 5.74) is 6.48. The molecule has 0 spiro atoms. The summed E-state index contributed by atoms with van der Waals surface area (Å²) in [5.74, 6) is 0. The number of hydrogen-bond donors (Lipinski definition) is 2. The molecular weight excluding hydrogens is 166 g/mol. The fraction of sp³-hybridized carbons (Fsp3) is 0.333. The summed E-state index contributed by atoms with van der Waals surface area (Å²) in [5, 5.41) is 16.0. The number of aliphatic hydroxyl groups excluding tert-OH is 1. The molecule has 0 aromatic carbocycles. The molecule has 1 heterocycles. The molecule has 0 bridgehead atoms. The van der Waals surface area contributed by atoms with Crippen LogP contribution < -0.4 is 5.73 Å². The molecule has 1 aromatic heterocycles. The van der Waals surface area contributed by atoms with Crippen molar-refractivity contribution in [3.05, 3.63) is 16.9 Å². The SMILES string of the molecule is Nc1cc(CCO)nnc1Cl. The monoisotopic (exact) mass is 173 g/mol. The van der Waals surface area contributed by atoms with E-state index >= 15 is 0 Å². The molecule has 4 nitrogen and oxygen atoms in total. The lowest BCUT2D eigenvalue weighted by atomic mass is 10.3. The number of halogens is 1. The Balaban J connectivity index is 2.86. The van der Waals surface area contributed by atoms with Crippen LogP contribution in [0.1, 0.15) is 5.69 Å². The van der Waals surface area contributed by atoms with E-state index in [0.717, 1.165) is 0 Å². The molecule has 0 radical (unpaired) electrons. The molecule has 5 heteroatoms. The van der Waals surface area contributed by atoms with E-state index in [1.54, 1.807) is 6.07 Å². The number of aliphatic hydroxyl groups is 1. The quantitative estimate of drug-likeness (QED) is 0.673. The van der Waals surface area contributed by atoms with Crippen molar-refractivity contribution in [2.45, 2.75) is 6.42 Å². The number of rotatable bonds is 2. The Labute approximate surface area is 69.0 Å². The van der Waals surface area contributed by atoms with Crippen LogP contribution in [0.2, 0.25) is 5.15 Å². The molecule has 0 aliphatic heterocycles. The number of nitrogens with two attached hydrogens (primary N) is 1. The van der Waals surface area contributed by atoms with Crippen LogP contribution in [0.5, 0.6) is 0 Å². The molecule has 3 N–H and O–H groups in total. The van der Waals surface area contributed by atoms with Gasteiger partial charge in [0, 0.05) is 13.0 Å². The Morgan fingerprint density at radius 3 is 2.82 bits per heavy atom. The van der Waals surface area contributed by atoms with Gasteiger partial charge in [0.2, 0.25) is 0 Å². The highest BCUT2D eigenvalue weighted by molar-refractivity contribution is 6.31. The van der Waals surface area contributed by atoms with Crippen molar-refractivity contribution in [2.24, 2.45) is 0 Å². The molecule has 1 aromatic rings. The second kappa shape index (κ2) is 3.50. The third-order valence-corrected chi connectivity index (χ3v) is 1.49. The molecule has 0 atom stereocenters. The topological polar surface area (TPSA) is 72.0 Å². The van der Waals surface area contributed by atoms with Crippen LogP contribution >= 0.6 is 11.6 Å². The molecule has 0 saturated carbocycles. The Kier molecular flexibility index (Phi) is 2.62. The maximum atomic E-state index is 8.54. The van der Waals surface area contributed by atoms with Crippen molar-refractivity contribution < 1.29 is 5.11 Å². The lowest BCUT2D eigenvalue weighted by molar-refractivity contribution is 0.298. The van der Waals surface area contributed by atoms with Gasteiger partial charge in [0.1, 0.15) is 0 Å². The lowest BCUT2D eigenvalue weighted by Crippen LogP contribution is -1.99. The van der Waals surface area contributed by atoms with E-state index < -0.39 is 0 Å². The van der Waals surface area contributed by atoms with Gasteiger partial charge in [0.05, 0.1) is 11.4 Å². The number of aromatic nitrogens is 2. The van der Waals surface area contributed by atoms with Crippen molar-refractivity contribution in [1.82, 2.24) is 10.2 Å². The van der Waals surface area contributed by atoms with Gasteiger partial charge in [0.15, 0.2) is 5.15 Å². The lowest BCUT2D eigenvalue weighted by Gasteiger charge is -1.98. The maximum Gasteiger partial charge on any atom is 0.174 e. The predicted octanol–water partition coefficient (Wildman–Crippen LogP) is 0.247. The summed E-state index contributed by atoms with van der Waals surface area (Å²) in [6.45, 7) is 0.0375. The number of nitrogens with zero attached hydrogens (tertiary/aromatic N) is 2. The molecule has 0 aliphatic carbocycles. The fourth-order valence-electron chi connectivity index (χ4n) is 0.670. The molecule has 60 valence electrons. The summed E-state index contributed by atoms with van der Waals surface area (Å²) in [7, 11) is 0. The van der Waals surface area contributed by atoms with Gasteiger partial charge < -0.3 is 10.8 Å². The van der Waals surface area contributed by atoms with Crippen LogP contribution in [0.25, 0.3) is 0 Å². The van der Waals surface area contributed by atoms with Crippen LogP contribution in [0.4, 0.5) is 5.69 Å². The molecular formula is C6H8ClN3O. The van der Waals surface area contributed by atoms with E-state index in [4.69, 9.17) is 22.4 Å². The van der Waals surface area contributed by atoms with Crippen LogP contribution in [0.15, 0.2) is 6.07 Å². The van der Waals surface area contributed by atoms with Gasteiger partial charge >= 0.3 is 0 Å². The standard InChI is InChI=1S/C6H8ClN3O/c7-6-5(8)3-4(1-2-11)9-10-6/h3,11H,1-2H2,(H2,8,9). The normalized spacial score (nSPS) is 10.0. The van der Waals surface area contributed by atoms with Crippen LogP contribution in [-0.4, -0.2) is 21.9 Å². The summed E-state index contributed by atoms with van der Waals surface area (Å²) >= 11 is 5.52. The first kappa shape index (κ1) is 8.23. The predicted molar refractivity (Wildman–Crippen MR) is 42.2 cm³/mol. The summed E-state index contributed by atoms with van der Waals surface area (Å²) in [4.78, 5) is 0. The highest BCUT2D eigenvalue weighted by Gasteiger charge is 1.99. The highest BCUT2D eigenvalue weighted by atomic mass is 35.5. The number of anilines is 1. The van der Waals surface area contributed by atoms with Gasteiger partial charge in [-0.05, 0) is 6.07 Å². The number of nitrogen functional groups attached to an aromatic ring is 1. The summed E-state index contributed by atoms with van der Waals surface area (Å²) < 4.78 is 0. The Morgan fingerprint density at radius 2 is 2.27 bits per heavy atom. The third-order valence-electron chi connectivity index (χ3n) is 1.19. The maximum absolute atomic E-state index is 8.54. The van der Waals surface area contributed by atoms with Crippen molar-refractivity contribution in [1.29, 1.82) is 0 Å². The zero-order chi connectivity index (χ0) is 8.27. The Hall–Kier alpha value is -0.870. The van der Waals surface area contributed by atoms with E-state index in [9.17, 15) is 0 Å². The molecule has 0 saturated heterocycles. The molecule has 0 aliphatic rings. The van der Waals surface area contributed by atoms with E-state index in [0.29, 0.717) is 17.8 Å². The average Bonchev–Trinajstić information content (AvgIpc) is 1.98. The number of hydrogen-bond acceptors (Lipinski definition) is 4. The van der Waals surface area contributed by atoms with Gasteiger partial charge in [-0.25, -0.2) is 0 Å². The molecule has 11 heavy (non-hydrogen) atoms. The molecule has 0 unspecified atom stereocenters. The van der Waals surface area contributed by atoms with Crippen molar-refractivity contribution >= 4 is 17.3 Å². The fourth-order valence-corrected chi connectivity index (χ4v) is 0.763. The van der Waals surface area contributed by atoms with Crippen LogP contribution in [0.3, 0.4) is 0 Å². The third kappa shape index (κ3) is 2.03. The largest absolute Gasteiger partial charge is 0.396 e. The van der Waals surface area contributed by atoms with Gasteiger partial charge in [0.25, 0.3) is 0 Å². The first-order valence-electron chi connectivity index (χ1n) is 3.12. The molecule has 0 fully saturated rings. The smallest absolute Gasteiger partial charge is 0.174 e. The van der Waals surface area contributed by atoms with Gasteiger partial charge in [-0.1, -0.05) is 11.6 Å².